The summed E-state index contributed by atoms with van der Waals surface area (Å²) in [6.45, 7) is 0.996. The summed E-state index contributed by atoms with van der Waals surface area (Å²) in [6, 6.07) is 1.05. The van der Waals surface area contributed by atoms with Crippen molar-refractivity contribution in [2.45, 2.75) is 32.4 Å². The number of carboxylic acids is 1. The number of benzene rings is 1. The second-order valence-corrected chi connectivity index (χ2v) is 6.85. The summed E-state index contributed by atoms with van der Waals surface area (Å²) in [6.07, 6.45) is 0.634. The number of hydrogen-bond donors (Lipinski definition) is 2. The fourth-order valence-electron chi connectivity index (χ4n) is 2.42. The Labute approximate surface area is 126 Å². The molecule has 1 saturated heterocycles. The molecular formula is C13H16F2N2O4S. The molecule has 0 spiro atoms. The van der Waals surface area contributed by atoms with Crippen molar-refractivity contribution in [3.63, 3.8) is 0 Å². The molecule has 1 unspecified atom stereocenters. The smallest absolute Gasteiger partial charge is 0.322 e. The lowest BCUT2D eigenvalue weighted by Gasteiger charge is -2.21. The molecule has 1 atom stereocenters. The van der Waals surface area contributed by atoms with E-state index in [2.05, 4.69) is 4.72 Å². The molecule has 122 valence electrons. The van der Waals surface area contributed by atoms with E-state index in [1.54, 1.807) is 0 Å². The molecule has 1 aromatic carbocycles. The Kier molecular flexibility index (Phi) is 4.78. The fraction of sp³-hybridized carbons (Fsp3) is 0.462. The van der Waals surface area contributed by atoms with Crippen LogP contribution < -0.4 is 4.72 Å². The Hall–Kier alpha value is -1.58. The minimum atomic E-state index is -4.13. The molecule has 0 amide bonds. The molecule has 2 N–H and O–H groups in total. The van der Waals surface area contributed by atoms with Crippen molar-refractivity contribution in [2.75, 3.05) is 6.54 Å². The standard InChI is InChI=1S/C13H16F2N2O4S/c1-8-5-10(14)9(11(15)6-8)7-16-22(20,21)17-4-2-3-12(17)13(18)19/h5-6,12,16H,2-4,7H2,1H3,(H,18,19). The van der Waals surface area contributed by atoms with Crippen molar-refractivity contribution in [1.29, 1.82) is 0 Å². The molecule has 1 fully saturated rings. The maximum Gasteiger partial charge on any atom is 0.322 e. The van der Waals surface area contributed by atoms with Gasteiger partial charge in [-0.05, 0) is 37.5 Å². The van der Waals surface area contributed by atoms with Gasteiger partial charge in [0.25, 0.3) is 10.2 Å². The van der Waals surface area contributed by atoms with Gasteiger partial charge in [0.2, 0.25) is 0 Å². The SMILES string of the molecule is Cc1cc(F)c(CNS(=O)(=O)N2CCCC2C(=O)O)c(F)c1. The molecule has 0 radical (unpaired) electrons. The number of rotatable bonds is 5. The van der Waals surface area contributed by atoms with Gasteiger partial charge in [-0.1, -0.05) is 0 Å². The molecule has 1 heterocycles. The van der Waals surface area contributed by atoms with Gasteiger partial charge in [-0.2, -0.15) is 17.4 Å². The average molecular weight is 334 g/mol. The first-order valence-electron chi connectivity index (χ1n) is 6.66. The number of nitrogens with zero attached hydrogens (tertiary/aromatic N) is 1. The van der Waals surface area contributed by atoms with Crippen LogP contribution in [0.1, 0.15) is 24.0 Å². The summed E-state index contributed by atoms with van der Waals surface area (Å²) < 4.78 is 54.5. The molecular weight excluding hydrogens is 318 g/mol. The number of carbonyl (C=O) groups is 1. The molecule has 0 aliphatic carbocycles. The van der Waals surface area contributed by atoms with Crippen LogP contribution >= 0.6 is 0 Å². The largest absolute Gasteiger partial charge is 0.480 e. The van der Waals surface area contributed by atoms with E-state index >= 15 is 0 Å². The Balaban J connectivity index is 2.15. The Morgan fingerprint density at radius 1 is 1.41 bits per heavy atom. The van der Waals surface area contributed by atoms with Crippen LogP contribution in [0, 0.1) is 18.6 Å². The van der Waals surface area contributed by atoms with Gasteiger partial charge in [0.1, 0.15) is 17.7 Å². The fourth-order valence-corrected chi connectivity index (χ4v) is 3.81. The third-order valence-electron chi connectivity index (χ3n) is 3.51. The van der Waals surface area contributed by atoms with E-state index in [-0.39, 0.29) is 13.0 Å². The molecule has 1 aromatic rings. The molecule has 22 heavy (non-hydrogen) atoms. The van der Waals surface area contributed by atoms with Gasteiger partial charge in [-0.3, -0.25) is 4.79 Å². The van der Waals surface area contributed by atoms with Gasteiger partial charge in [-0.15, -0.1) is 0 Å². The molecule has 6 nitrogen and oxygen atoms in total. The van der Waals surface area contributed by atoms with Crippen LogP contribution in [0.4, 0.5) is 8.78 Å². The van der Waals surface area contributed by atoms with Crippen molar-refractivity contribution >= 4 is 16.2 Å². The second-order valence-electron chi connectivity index (χ2n) is 5.14. The zero-order chi connectivity index (χ0) is 16.5. The lowest BCUT2D eigenvalue weighted by atomic mass is 10.1. The number of hydrogen-bond acceptors (Lipinski definition) is 3. The van der Waals surface area contributed by atoms with Gasteiger partial charge in [-0.25, -0.2) is 8.78 Å². The molecule has 2 rings (SSSR count). The summed E-state index contributed by atoms with van der Waals surface area (Å²) in [5.41, 5.74) is -0.0210. The van der Waals surface area contributed by atoms with E-state index in [4.69, 9.17) is 5.11 Å². The Morgan fingerprint density at radius 3 is 2.55 bits per heavy atom. The number of halogens is 2. The van der Waals surface area contributed by atoms with Crippen LogP contribution in [0.2, 0.25) is 0 Å². The van der Waals surface area contributed by atoms with Crippen LogP contribution in [0.25, 0.3) is 0 Å². The summed E-state index contributed by atoms with van der Waals surface area (Å²) in [7, 11) is -4.13. The van der Waals surface area contributed by atoms with Crippen LogP contribution in [0.5, 0.6) is 0 Å². The number of carboxylic acid groups (broad SMARTS) is 1. The lowest BCUT2D eigenvalue weighted by molar-refractivity contribution is -0.140. The van der Waals surface area contributed by atoms with Crippen molar-refractivity contribution in [2.24, 2.45) is 0 Å². The monoisotopic (exact) mass is 334 g/mol. The van der Waals surface area contributed by atoms with Gasteiger partial charge >= 0.3 is 5.97 Å². The summed E-state index contributed by atoms with van der Waals surface area (Å²) in [5, 5.41) is 9.00. The summed E-state index contributed by atoms with van der Waals surface area (Å²) >= 11 is 0. The highest BCUT2D eigenvalue weighted by Crippen LogP contribution is 2.21. The van der Waals surface area contributed by atoms with Crippen molar-refractivity contribution in [3.8, 4) is 0 Å². The Morgan fingerprint density at radius 2 is 2.00 bits per heavy atom. The van der Waals surface area contributed by atoms with E-state index in [0.29, 0.717) is 12.0 Å². The number of aryl methyl sites for hydroxylation is 1. The van der Waals surface area contributed by atoms with Crippen LogP contribution in [0.15, 0.2) is 12.1 Å². The zero-order valence-corrected chi connectivity index (χ0v) is 12.7. The predicted octanol–water partition coefficient (Wildman–Crippen LogP) is 1.16. The first kappa shape index (κ1) is 16.8. The highest BCUT2D eigenvalue weighted by molar-refractivity contribution is 7.87. The van der Waals surface area contributed by atoms with Crippen LogP contribution in [-0.4, -0.2) is 36.4 Å². The average Bonchev–Trinajstić information content (AvgIpc) is 2.87. The molecule has 0 saturated carbocycles. The van der Waals surface area contributed by atoms with E-state index in [0.717, 1.165) is 16.4 Å². The second kappa shape index (κ2) is 6.27. The summed E-state index contributed by atoms with van der Waals surface area (Å²) in [5.74, 6) is -2.94. The third kappa shape index (κ3) is 3.42. The van der Waals surface area contributed by atoms with Gasteiger partial charge in [0.15, 0.2) is 0 Å². The molecule has 0 bridgehead atoms. The normalized spacial score (nSPS) is 19.5. The van der Waals surface area contributed by atoms with Crippen LogP contribution in [0.3, 0.4) is 0 Å². The van der Waals surface area contributed by atoms with Gasteiger partial charge in [0, 0.05) is 18.7 Å². The van der Waals surface area contributed by atoms with E-state index < -0.39 is 46.0 Å². The molecule has 1 aliphatic rings. The van der Waals surface area contributed by atoms with Gasteiger partial charge < -0.3 is 5.11 Å². The minimum absolute atomic E-state index is 0.0607. The number of nitrogens with one attached hydrogen (secondary N) is 1. The van der Waals surface area contributed by atoms with E-state index in [9.17, 15) is 22.0 Å². The first-order chi connectivity index (χ1) is 10.2. The predicted molar refractivity (Wildman–Crippen MR) is 74.2 cm³/mol. The van der Waals surface area contributed by atoms with Crippen molar-refractivity contribution < 1.29 is 27.1 Å². The molecule has 0 aromatic heterocycles. The highest BCUT2D eigenvalue weighted by Gasteiger charge is 2.38. The third-order valence-corrected chi connectivity index (χ3v) is 5.08. The maximum atomic E-state index is 13.7. The van der Waals surface area contributed by atoms with E-state index in [1.807, 2.05) is 0 Å². The molecule has 1 aliphatic heterocycles. The minimum Gasteiger partial charge on any atom is -0.480 e. The van der Waals surface area contributed by atoms with Crippen molar-refractivity contribution in [1.82, 2.24) is 9.03 Å². The quantitative estimate of drug-likeness (QED) is 0.846. The van der Waals surface area contributed by atoms with Crippen LogP contribution in [-0.2, 0) is 21.5 Å². The highest BCUT2D eigenvalue weighted by atomic mass is 32.2. The number of aliphatic carboxylic acids is 1. The van der Waals surface area contributed by atoms with Gasteiger partial charge in [0.05, 0.1) is 0 Å². The maximum absolute atomic E-state index is 13.7. The van der Waals surface area contributed by atoms with E-state index in [1.165, 1.54) is 6.92 Å². The lowest BCUT2D eigenvalue weighted by Crippen LogP contribution is -2.46. The Bertz CT molecular complexity index is 670. The topological polar surface area (TPSA) is 86.7 Å². The first-order valence-corrected chi connectivity index (χ1v) is 8.10. The van der Waals surface area contributed by atoms with Crippen molar-refractivity contribution in [3.05, 3.63) is 34.9 Å². The zero-order valence-electron chi connectivity index (χ0n) is 11.8. The summed E-state index contributed by atoms with van der Waals surface area (Å²) in [4.78, 5) is 11.0. The molecule has 9 heteroatoms.